The molecule has 1 aliphatic rings. The summed E-state index contributed by atoms with van der Waals surface area (Å²) in [6, 6.07) is 1.56. The Morgan fingerprint density at radius 1 is 1.62 bits per heavy atom. The lowest BCUT2D eigenvalue weighted by atomic mass is 10.2. The first-order valence-electron chi connectivity index (χ1n) is 4.91. The fourth-order valence-corrected chi connectivity index (χ4v) is 3.46. The predicted molar refractivity (Wildman–Crippen MR) is 68.8 cm³/mol. The highest BCUT2D eigenvalue weighted by Crippen LogP contribution is 2.36. The van der Waals surface area contributed by atoms with Gasteiger partial charge in [-0.3, -0.25) is 0 Å². The first-order chi connectivity index (χ1) is 7.52. The smallest absolute Gasteiger partial charge is 0.346 e. The molecule has 2 heterocycles. The summed E-state index contributed by atoms with van der Waals surface area (Å²) in [6.07, 6.45) is 0. The number of thiophene rings is 1. The zero-order valence-electron chi connectivity index (χ0n) is 8.98. The predicted octanol–water partition coefficient (Wildman–Crippen LogP) is 2.75. The number of urea groups is 1. The van der Waals surface area contributed by atoms with Crippen LogP contribution in [-0.2, 0) is 0 Å². The number of nitrogens with two attached hydrogens (primary N) is 1. The van der Waals surface area contributed by atoms with Crippen LogP contribution in [-0.4, -0.2) is 22.8 Å². The molecule has 2 rings (SSSR count). The van der Waals surface area contributed by atoms with Gasteiger partial charge in [-0.1, -0.05) is 0 Å². The van der Waals surface area contributed by atoms with E-state index in [1.54, 1.807) is 16.2 Å². The van der Waals surface area contributed by atoms with Gasteiger partial charge in [-0.05, 0) is 41.2 Å². The van der Waals surface area contributed by atoms with Crippen molar-refractivity contribution in [3.63, 3.8) is 0 Å². The topological polar surface area (TPSA) is 58.7 Å². The van der Waals surface area contributed by atoms with Crippen molar-refractivity contribution < 1.29 is 4.79 Å². The Hall–Kier alpha value is -0.880. The molecule has 0 radical (unpaired) electrons. The Morgan fingerprint density at radius 3 is 2.81 bits per heavy atom. The van der Waals surface area contributed by atoms with Gasteiger partial charge in [0, 0.05) is 15.4 Å². The van der Waals surface area contributed by atoms with E-state index in [1.165, 1.54) is 0 Å². The van der Waals surface area contributed by atoms with Gasteiger partial charge in [-0.15, -0.1) is 11.3 Å². The maximum atomic E-state index is 11.7. The van der Waals surface area contributed by atoms with E-state index in [4.69, 9.17) is 5.73 Å². The Bertz CT molecular complexity index is 455. The molecule has 6 heteroatoms. The molecule has 0 bridgehead atoms. The zero-order chi connectivity index (χ0) is 11.9. The van der Waals surface area contributed by atoms with E-state index in [0.29, 0.717) is 5.84 Å². The normalized spacial score (nSPS) is 20.8. The second-order valence-corrected chi connectivity index (χ2v) is 5.66. The number of hydrogen-bond donors (Lipinski definition) is 1. The summed E-state index contributed by atoms with van der Waals surface area (Å²) in [7, 11) is 0. The molecule has 1 unspecified atom stereocenters. The minimum Gasteiger partial charge on any atom is -0.385 e. The molecular formula is C10H12BrN3OS. The second kappa shape index (κ2) is 4.18. The SMILES string of the molecule is CC(C)N1C(=O)N=C(N)C1c1sccc1Br. The van der Waals surface area contributed by atoms with Crippen molar-refractivity contribution in [3.8, 4) is 0 Å². The Morgan fingerprint density at radius 2 is 2.31 bits per heavy atom. The molecule has 0 fully saturated rings. The van der Waals surface area contributed by atoms with E-state index in [-0.39, 0.29) is 18.1 Å². The van der Waals surface area contributed by atoms with E-state index < -0.39 is 0 Å². The standard InChI is InChI=1S/C10H12BrN3OS/c1-5(2)14-7(9(12)13-10(14)15)8-6(11)3-4-16-8/h3-5,7H,1-2H3,(H2,12,13,15). The number of carbonyl (C=O) groups excluding carboxylic acids is 1. The van der Waals surface area contributed by atoms with Gasteiger partial charge in [0.05, 0.1) is 0 Å². The van der Waals surface area contributed by atoms with Crippen molar-refractivity contribution in [2.45, 2.75) is 25.9 Å². The van der Waals surface area contributed by atoms with E-state index in [2.05, 4.69) is 20.9 Å². The highest BCUT2D eigenvalue weighted by Gasteiger charge is 2.37. The maximum absolute atomic E-state index is 11.7. The number of halogens is 1. The molecule has 1 aromatic rings. The highest BCUT2D eigenvalue weighted by atomic mass is 79.9. The minimum absolute atomic E-state index is 0.0799. The molecule has 1 aromatic heterocycles. The average Bonchev–Trinajstić information content (AvgIpc) is 2.69. The summed E-state index contributed by atoms with van der Waals surface area (Å²) in [6.45, 7) is 3.92. The third kappa shape index (κ3) is 1.76. The van der Waals surface area contributed by atoms with Crippen LogP contribution in [0, 0.1) is 0 Å². The largest absolute Gasteiger partial charge is 0.385 e. The van der Waals surface area contributed by atoms with Gasteiger partial charge in [0.1, 0.15) is 11.9 Å². The van der Waals surface area contributed by atoms with Crippen LogP contribution in [0.25, 0.3) is 0 Å². The molecule has 0 aromatic carbocycles. The van der Waals surface area contributed by atoms with Crippen LogP contribution in [0.15, 0.2) is 20.9 Å². The first kappa shape index (κ1) is 11.6. The third-order valence-corrected chi connectivity index (χ3v) is 4.38. The number of carbonyl (C=O) groups is 1. The van der Waals surface area contributed by atoms with Crippen LogP contribution < -0.4 is 5.73 Å². The molecule has 2 N–H and O–H groups in total. The van der Waals surface area contributed by atoms with Gasteiger partial charge in [-0.25, -0.2) is 4.79 Å². The van der Waals surface area contributed by atoms with Crippen molar-refractivity contribution in [1.29, 1.82) is 0 Å². The molecule has 0 saturated heterocycles. The molecule has 4 nitrogen and oxygen atoms in total. The molecule has 0 aliphatic carbocycles. The van der Waals surface area contributed by atoms with E-state index in [1.807, 2.05) is 25.3 Å². The van der Waals surface area contributed by atoms with Gasteiger partial charge in [0.25, 0.3) is 0 Å². The van der Waals surface area contributed by atoms with Crippen LogP contribution in [0.1, 0.15) is 24.8 Å². The van der Waals surface area contributed by atoms with Crippen molar-refractivity contribution in [2.24, 2.45) is 10.7 Å². The van der Waals surface area contributed by atoms with Crippen LogP contribution in [0.5, 0.6) is 0 Å². The van der Waals surface area contributed by atoms with E-state index in [0.717, 1.165) is 9.35 Å². The summed E-state index contributed by atoms with van der Waals surface area (Å²) in [4.78, 5) is 18.3. The number of amidine groups is 1. The number of aliphatic imine (C=N–C) groups is 1. The third-order valence-electron chi connectivity index (χ3n) is 2.45. The molecular weight excluding hydrogens is 290 g/mol. The number of rotatable bonds is 2. The van der Waals surface area contributed by atoms with Gasteiger partial charge >= 0.3 is 6.03 Å². The van der Waals surface area contributed by atoms with Gasteiger partial charge in [0.15, 0.2) is 0 Å². The van der Waals surface area contributed by atoms with Crippen LogP contribution in [0.3, 0.4) is 0 Å². The molecule has 16 heavy (non-hydrogen) atoms. The molecule has 0 spiro atoms. The summed E-state index contributed by atoms with van der Waals surface area (Å²) in [5.41, 5.74) is 5.83. The van der Waals surface area contributed by atoms with Crippen molar-refractivity contribution in [3.05, 3.63) is 20.8 Å². The molecule has 1 atom stereocenters. The summed E-state index contributed by atoms with van der Waals surface area (Å²) in [5, 5.41) is 1.97. The Kier molecular flexibility index (Phi) is 3.03. The Balaban J connectivity index is 2.43. The fourth-order valence-electron chi connectivity index (χ4n) is 1.76. The van der Waals surface area contributed by atoms with Gasteiger partial charge in [-0.2, -0.15) is 4.99 Å². The molecule has 0 saturated carbocycles. The molecule has 1 aliphatic heterocycles. The lowest BCUT2D eigenvalue weighted by Crippen LogP contribution is -2.37. The zero-order valence-corrected chi connectivity index (χ0v) is 11.4. The highest BCUT2D eigenvalue weighted by molar-refractivity contribution is 9.10. The first-order valence-corrected chi connectivity index (χ1v) is 6.59. The summed E-state index contributed by atoms with van der Waals surface area (Å²) >= 11 is 5.03. The quantitative estimate of drug-likeness (QED) is 0.913. The van der Waals surface area contributed by atoms with E-state index >= 15 is 0 Å². The van der Waals surface area contributed by atoms with E-state index in [9.17, 15) is 4.79 Å². The van der Waals surface area contributed by atoms with Crippen LogP contribution in [0.4, 0.5) is 4.79 Å². The van der Waals surface area contributed by atoms with Crippen molar-refractivity contribution in [2.75, 3.05) is 0 Å². The monoisotopic (exact) mass is 301 g/mol. The fraction of sp³-hybridized carbons (Fsp3) is 0.400. The average molecular weight is 302 g/mol. The second-order valence-electron chi connectivity index (χ2n) is 3.86. The molecule has 2 amide bonds. The van der Waals surface area contributed by atoms with Crippen molar-refractivity contribution >= 4 is 39.1 Å². The Labute approximate surface area is 106 Å². The van der Waals surface area contributed by atoms with Crippen LogP contribution >= 0.6 is 27.3 Å². The van der Waals surface area contributed by atoms with Crippen molar-refractivity contribution in [1.82, 2.24) is 4.90 Å². The summed E-state index contributed by atoms with van der Waals surface area (Å²) in [5.74, 6) is 0.377. The van der Waals surface area contributed by atoms with Gasteiger partial charge in [0.2, 0.25) is 0 Å². The number of hydrogen-bond acceptors (Lipinski definition) is 3. The number of amides is 2. The molecule has 86 valence electrons. The van der Waals surface area contributed by atoms with Crippen LogP contribution in [0.2, 0.25) is 0 Å². The maximum Gasteiger partial charge on any atom is 0.346 e. The lowest BCUT2D eigenvalue weighted by molar-refractivity contribution is 0.191. The summed E-state index contributed by atoms with van der Waals surface area (Å²) < 4.78 is 0.973. The minimum atomic E-state index is -0.252. The lowest BCUT2D eigenvalue weighted by Gasteiger charge is -2.27. The number of nitrogens with zero attached hydrogens (tertiary/aromatic N) is 2. The van der Waals surface area contributed by atoms with Gasteiger partial charge < -0.3 is 10.6 Å².